The van der Waals surface area contributed by atoms with Crippen molar-refractivity contribution in [2.45, 2.75) is 11.8 Å². The summed E-state index contributed by atoms with van der Waals surface area (Å²) in [6.07, 6.45) is 1.57. The van der Waals surface area contributed by atoms with E-state index in [1.165, 1.54) is 18.4 Å². The van der Waals surface area contributed by atoms with Crippen LogP contribution in [0.2, 0.25) is 0 Å². The van der Waals surface area contributed by atoms with Gasteiger partial charge in [0, 0.05) is 12.4 Å². The highest BCUT2D eigenvalue weighted by Crippen LogP contribution is 2.27. The summed E-state index contributed by atoms with van der Waals surface area (Å²) in [6, 6.07) is 10.9. The molecule has 0 unspecified atom stereocenters. The van der Waals surface area contributed by atoms with E-state index in [0.717, 1.165) is 20.1 Å². The third-order valence-corrected chi connectivity index (χ3v) is 7.03. The molecule has 0 saturated heterocycles. The number of nitrogens with one attached hydrogen (secondary N) is 2. The van der Waals surface area contributed by atoms with Crippen LogP contribution in [-0.2, 0) is 14.8 Å². The number of hydrogen-bond donors (Lipinski definition) is 2. The molecule has 2 heterocycles. The van der Waals surface area contributed by atoms with Gasteiger partial charge in [-0.05, 0) is 36.8 Å². The van der Waals surface area contributed by atoms with Crippen LogP contribution in [0.15, 0.2) is 47.5 Å². The second-order valence-electron chi connectivity index (χ2n) is 6.39. The van der Waals surface area contributed by atoms with E-state index in [1.807, 2.05) is 37.3 Å². The number of carbonyl (C=O) groups is 1. The predicted molar refractivity (Wildman–Crippen MR) is 109 cm³/mol. The number of benzene rings is 2. The number of rotatable bonds is 5. The molecule has 2 N–H and O–H groups in total. The number of sulfonamides is 1. The zero-order valence-corrected chi connectivity index (χ0v) is 16.8. The Bertz CT molecular complexity index is 1260. The largest absolute Gasteiger partial charge is 0.301 e. The van der Waals surface area contributed by atoms with Crippen LogP contribution in [0.4, 0.5) is 5.13 Å². The quantitative estimate of drug-likeness (QED) is 0.521. The fourth-order valence-corrected chi connectivity index (χ4v) is 5.17. The standard InChI is InChI=1S/C18H17N5O3S2/c1-11-7-12-9-19-22-17(12)15(8-11)28(25,26)23(2)10-16(24)21-18-20-13-5-3-4-6-14(13)27-18/h3-9H,10H2,1-2H3,(H,19,22)(H,20,21,24). The number of H-pyrrole nitrogens is 1. The van der Waals surface area contributed by atoms with Crippen molar-refractivity contribution < 1.29 is 13.2 Å². The molecule has 0 saturated carbocycles. The number of aromatic nitrogens is 3. The first-order valence-electron chi connectivity index (χ1n) is 8.40. The van der Waals surface area contributed by atoms with Crippen molar-refractivity contribution in [2.24, 2.45) is 0 Å². The molecule has 0 fully saturated rings. The molecule has 144 valence electrons. The maximum atomic E-state index is 13.0. The van der Waals surface area contributed by atoms with Crippen LogP contribution in [0.5, 0.6) is 0 Å². The number of carbonyl (C=O) groups excluding carboxylic acids is 1. The number of amides is 1. The Morgan fingerprint density at radius 1 is 1.29 bits per heavy atom. The normalized spacial score (nSPS) is 12.1. The molecular weight excluding hydrogens is 398 g/mol. The van der Waals surface area contributed by atoms with Crippen molar-refractivity contribution >= 4 is 53.5 Å². The Morgan fingerprint density at radius 2 is 2.07 bits per heavy atom. The van der Waals surface area contributed by atoms with Gasteiger partial charge in [-0.15, -0.1) is 0 Å². The van der Waals surface area contributed by atoms with Crippen LogP contribution in [-0.4, -0.2) is 47.4 Å². The Morgan fingerprint density at radius 3 is 2.86 bits per heavy atom. The van der Waals surface area contributed by atoms with Gasteiger partial charge in [-0.3, -0.25) is 9.89 Å². The number of thiazole rings is 1. The van der Waals surface area contributed by atoms with Crippen molar-refractivity contribution in [1.82, 2.24) is 19.5 Å². The molecule has 2 aromatic heterocycles. The lowest BCUT2D eigenvalue weighted by Crippen LogP contribution is -2.35. The van der Waals surface area contributed by atoms with Gasteiger partial charge >= 0.3 is 0 Å². The monoisotopic (exact) mass is 415 g/mol. The van der Waals surface area contributed by atoms with Crippen molar-refractivity contribution in [3.63, 3.8) is 0 Å². The average Bonchev–Trinajstić information content (AvgIpc) is 3.26. The molecule has 10 heteroatoms. The van der Waals surface area contributed by atoms with Crippen molar-refractivity contribution in [1.29, 1.82) is 0 Å². The fraction of sp³-hybridized carbons (Fsp3) is 0.167. The minimum atomic E-state index is -3.89. The van der Waals surface area contributed by atoms with Gasteiger partial charge in [-0.25, -0.2) is 13.4 Å². The van der Waals surface area contributed by atoms with Gasteiger partial charge in [-0.1, -0.05) is 23.5 Å². The van der Waals surface area contributed by atoms with E-state index in [0.29, 0.717) is 16.0 Å². The van der Waals surface area contributed by atoms with Gasteiger partial charge in [0.2, 0.25) is 15.9 Å². The molecule has 0 atom stereocenters. The third kappa shape index (κ3) is 3.37. The molecule has 28 heavy (non-hydrogen) atoms. The van der Waals surface area contributed by atoms with Crippen molar-refractivity contribution in [3.05, 3.63) is 48.2 Å². The Hall–Kier alpha value is -2.82. The molecule has 0 aliphatic carbocycles. The first-order valence-corrected chi connectivity index (χ1v) is 10.7. The maximum Gasteiger partial charge on any atom is 0.245 e. The number of anilines is 1. The molecule has 0 bridgehead atoms. The van der Waals surface area contributed by atoms with E-state index in [1.54, 1.807) is 12.3 Å². The maximum absolute atomic E-state index is 13.0. The summed E-state index contributed by atoms with van der Waals surface area (Å²) in [6.45, 7) is 1.48. The summed E-state index contributed by atoms with van der Waals surface area (Å²) < 4.78 is 28.0. The van der Waals surface area contributed by atoms with Crippen LogP contribution in [0.3, 0.4) is 0 Å². The number of aryl methyl sites for hydroxylation is 1. The molecule has 2 aromatic carbocycles. The summed E-state index contributed by atoms with van der Waals surface area (Å²) in [4.78, 5) is 16.8. The number of nitrogens with zero attached hydrogens (tertiary/aromatic N) is 3. The molecular formula is C18H17N5O3S2. The zero-order chi connectivity index (χ0) is 19.9. The van der Waals surface area contributed by atoms with Gasteiger partial charge < -0.3 is 5.32 Å². The molecule has 0 aliphatic heterocycles. The van der Waals surface area contributed by atoms with Gasteiger partial charge in [0.15, 0.2) is 5.13 Å². The number of hydrogen-bond acceptors (Lipinski definition) is 6. The minimum absolute atomic E-state index is 0.0929. The Labute approximate surface area is 165 Å². The molecule has 8 nitrogen and oxygen atoms in total. The second-order valence-corrected chi connectivity index (χ2v) is 9.44. The number of likely N-dealkylation sites (N-methyl/N-ethyl adjacent to an activating group) is 1. The SMILES string of the molecule is Cc1cc(S(=O)(=O)N(C)CC(=O)Nc2nc3ccccc3s2)c2[nH]ncc2c1. The second kappa shape index (κ2) is 6.97. The lowest BCUT2D eigenvalue weighted by Gasteiger charge is -2.17. The fourth-order valence-electron chi connectivity index (χ4n) is 2.91. The highest BCUT2D eigenvalue weighted by molar-refractivity contribution is 7.89. The highest BCUT2D eigenvalue weighted by atomic mass is 32.2. The van der Waals surface area contributed by atoms with E-state index in [2.05, 4.69) is 20.5 Å². The summed E-state index contributed by atoms with van der Waals surface area (Å²) in [7, 11) is -2.51. The average molecular weight is 416 g/mol. The predicted octanol–water partition coefficient (Wildman–Crippen LogP) is 2.74. The van der Waals surface area contributed by atoms with Gasteiger partial charge in [-0.2, -0.15) is 9.40 Å². The van der Waals surface area contributed by atoms with E-state index in [-0.39, 0.29) is 11.4 Å². The first-order chi connectivity index (χ1) is 13.3. The topological polar surface area (TPSA) is 108 Å². The Kier molecular flexibility index (Phi) is 4.61. The molecule has 0 radical (unpaired) electrons. The lowest BCUT2D eigenvalue weighted by molar-refractivity contribution is -0.116. The van der Waals surface area contributed by atoms with Crippen LogP contribution >= 0.6 is 11.3 Å². The summed E-state index contributed by atoms with van der Waals surface area (Å²) in [5, 5.41) is 10.4. The van der Waals surface area contributed by atoms with Gasteiger partial charge in [0.1, 0.15) is 4.90 Å². The Balaban J connectivity index is 1.55. The molecule has 0 aliphatic rings. The summed E-state index contributed by atoms with van der Waals surface area (Å²) >= 11 is 1.34. The lowest BCUT2D eigenvalue weighted by atomic mass is 10.2. The van der Waals surface area contributed by atoms with Crippen LogP contribution in [0, 0.1) is 6.92 Å². The molecule has 1 amide bonds. The third-order valence-electron chi connectivity index (χ3n) is 4.25. The highest BCUT2D eigenvalue weighted by Gasteiger charge is 2.26. The number of aromatic amines is 1. The molecule has 4 rings (SSSR count). The summed E-state index contributed by atoms with van der Waals surface area (Å²) in [5.74, 6) is -0.460. The smallest absolute Gasteiger partial charge is 0.245 e. The molecule has 0 spiro atoms. The van der Waals surface area contributed by atoms with E-state index in [4.69, 9.17) is 0 Å². The van der Waals surface area contributed by atoms with Crippen LogP contribution in [0.1, 0.15) is 5.56 Å². The zero-order valence-electron chi connectivity index (χ0n) is 15.1. The minimum Gasteiger partial charge on any atom is -0.301 e. The summed E-state index contributed by atoms with van der Waals surface area (Å²) in [5.41, 5.74) is 1.99. The van der Waals surface area contributed by atoms with Crippen LogP contribution < -0.4 is 5.32 Å². The van der Waals surface area contributed by atoms with E-state index < -0.39 is 15.9 Å². The van der Waals surface area contributed by atoms with Crippen LogP contribution in [0.25, 0.3) is 21.1 Å². The van der Waals surface area contributed by atoms with Crippen molar-refractivity contribution in [2.75, 3.05) is 18.9 Å². The van der Waals surface area contributed by atoms with Crippen molar-refractivity contribution in [3.8, 4) is 0 Å². The van der Waals surface area contributed by atoms with E-state index in [9.17, 15) is 13.2 Å². The van der Waals surface area contributed by atoms with Gasteiger partial charge in [0.05, 0.1) is 28.5 Å². The number of fused-ring (bicyclic) bond motifs is 2. The first kappa shape index (κ1) is 18.5. The number of para-hydroxylation sites is 1. The van der Waals surface area contributed by atoms with E-state index >= 15 is 0 Å². The van der Waals surface area contributed by atoms with Gasteiger partial charge in [0.25, 0.3) is 0 Å². The molecule has 4 aromatic rings.